The molecule has 0 amide bonds. The zero-order chi connectivity index (χ0) is 22.5. The highest BCUT2D eigenvalue weighted by molar-refractivity contribution is 5.77. The number of fused-ring (bicyclic) bond motifs is 4. The topological polar surface area (TPSA) is 82.6 Å². The van der Waals surface area contributed by atoms with Crippen molar-refractivity contribution in [2.24, 2.45) is 16.1 Å². The van der Waals surface area contributed by atoms with Gasteiger partial charge in [-0.3, -0.25) is 0 Å². The highest BCUT2D eigenvalue weighted by Gasteiger charge is 2.47. The smallest absolute Gasteiger partial charge is 0.283 e. The Morgan fingerprint density at radius 1 is 1.03 bits per heavy atom. The van der Waals surface area contributed by atoms with Crippen molar-refractivity contribution in [3.63, 3.8) is 0 Å². The van der Waals surface area contributed by atoms with Gasteiger partial charge in [-0.1, -0.05) is 32.9 Å². The fourth-order valence-electron chi connectivity index (χ4n) is 4.35. The van der Waals surface area contributed by atoms with Crippen LogP contribution in [0, 0.1) is 5.41 Å². The number of alkyl halides is 1. The largest absolute Gasteiger partial charge is 0.462 e. The van der Waals surface area contributed by atoms with Gasteiger partial charge in [0.05, 0.1) is 0 Å². The molecule has 0 unspecified atom stereocenters. The molecule has 0 fully saturated rings. The SMILES string of the molecule is CC(C)(C)C[C@@H](F)c1ccc2c(c1)[C@]1(COC(N)=N1)c1cc(-c3cncnc3)ccc1O2. The fraction of sp³-hybridized carbons (Fsp3) is 0.320. The first-order valence-corrected chi connectivity index (χ1v) is 10.6. The van der Waals surface area contributed by atoms with E-state index in [0.29, 0.717) is 23.5 Å². The van der Waals surface area contributed by atoms with Crippen molar-refractivity contribution < 1.29 is 13.9 Å². The lowest BCUT2D eigenvalue weighted by atomic mass is 9.79. The van der Waals surface area contributed by atoms with E-state index in [9.17, 15) is 0 Å². The van der Waals surface area contributed by atoms with Crippen LogP contribution < -0.4 is 10.5 Å². The van der Waals surface area contributed by atoms with Crippen LogP contribution in [-0.2, 0) is 10.3 Å². The molecule has 7 heteroatoms. The second kappa shape index (κ2) is 7.29. The van der Waals surface area contributed by atoms with Gasteiger partial charge in [0.15, 0.2) is 5.54 Å². The quantitative estimate of drug-likeness (QED) is 0.608. The van der Waals surface area contributed by atoms with Crippen LogP contribution in [0.2, 0.25) is 0 Å². The molecule has 2 N–H and O–H groups in total. The summed E-state index contributed by atoms with van der Waals surface area (Å²) in [6, 6.07) is 11.4. The third-order valence-electron chi connectivity index (χ3n) is 5.87. The van der Waals surface area contributed by atoms with Gasteiger partial charge >= 0.3 is 0 Å². The van der Waals surface area contributed by atoms with Gasteiger partial charge in [0.1, 0.15) is 30.6 Å². The number of amidine groups is 1. The minimum atomic E-state index is -1.10. The molecule has 6 nitrogen and oxygen atoms in total. The third kappa shape index (κ3) is 3.47. The molecule has 1 spiro atoms. The Balaban J connectivity index is 1.65. The van der Waals surface area contributed by atoms with Crippen molar-refractivity contribution in [2.45, 2.75) is 38.9 Å². The molecule has 3 aromatic rings. The number of hydrogen-bond acceptors (Lipinski definition) is 6. The summed E-state index contributed by atoms with van der Waals surface area (Å²) < 4.78 is 27.0. The van der Waals surface area contributed by atoms with Gasteiger partial charge in [-0.05, 0) is 47.2 Å². The van der Waals surface area contributed by atoms with Crippen molar-refractivity contribution in [1.29, 1.82) is 0 Å². The predicted octanol–water partition coefficient (Wildman–Crippen LogP) is 5.28. The van der Waals surface area contributed by atoms with E-state index in [1.54, 1.807) is 18.5 Å². The van der Waals surface area contributed by atoms with Crippen LogP contribution in [0.15, 0.2) is 60.1 Å². The number of halogens is 1. The van der Waals surface area contributed by atoms with Crippen molar-refractivity contribution in [1.82, 2.24) is 9.97 Å². The molecule has 0 saturated heterocycles. The lowest BCUT2D eigenvalue weighted by Crippen LogP contribution is -2.31. The minimum Gasteiger partial charge on any atom is -0.462 e. The highest BCUT2D eigenvalue weighted by atomic mass is 19.1. The van der Waals surface area contributed by atoms with Gasteiger partial charge in [0.25, 0.3) is 6.02 Å². The Morgan fingerprint density at radius 3 is 2.38 bits per heavy atom. The van der Waals surface area contributed by atoms with Crippen molar-refractivity contribution in [3.8, 4) is 22.6 Å². The fourth-order valence-corrected chi connectivity index (χ4v) is 4.35. The summed E-state index contributed by atoms with van der Waals surface area (Å²) in [5.74, 6) is 1.29. The average Bonchev–Trinajstić information content (AvgIpc) is 3.15. The molecule has 0 saturated carbocycles. The van der Waals surface area contributed by atoms with Crippen LogP contribution in [0.1, 0.15) is 50.1 Å². The summed E-state index contributed by atoms with van der Waals surface area (Å²) in [5.41, 5.74) is 8.89. The number of hydrogen-bond donors (Lipinski definition) is 1. The first-order chi connectivity index (χ1) is 15.2. The van der Waals surface area contributed by atoms with Crippen LogP contribution in [0.25, 0.3) is 11.1 Å². The van der Waals surface area contributed by atoms with Crippen LogP contribution >= 0.6 is 0 Å². The number of benzene rings is 2. The van der Waals surface area contributed by atoms with E-state index in [1.165, 1.54) is 6.33 Å². The molecule has 0 bridgehead atoms. The number of aromatic nitrogens is 2. The molecule has 2 aliphatic rings. The molecule has 2 atom stereocenters. The van der Waals surface area contributed by atoms with Crippen LogP contribution in [0.5, 0.6) is 11.5 Å². The summed E-state index contributed by atoms with van der Waals surface area (Å²) in [5, 5.41) is 0. The summed E-state index contributed by atoms with van der Waals surface area (Å²) in [7, 11) is 0. The zero-order valence-corrected chi connectivity index (χ0v) is 18.3. The molecule has 5 rings (SSSR count). The van der Waals surface area contributed by atoms with E-state index in [1.807, 2.05) is 51.1 Å². The van der Waals surface area contributed by atoms with Crippen molar-refractivity contribution >= 4 is 6.02 Å². The minimum absolute atomic E-state index is 0.106. The maximum Gasteiger partial charge on any atom is 0.283 e. The summed E-state index contributed by atoms with van der Waals surface area (Å²) >= 11 is 0. The van der Waals surface area contributed by atoms with E-state index in [4.69, 9.17) is 20.2 Å². The van der Waals surface area contributed by atoms with Crippen molar-refractivity contribution in [2.75, 3.05) is 6.61 Å². The molecular weight excluding hydrogens is 407 g/mol. The Morgan fingerprint density at radius 2 is 1.72 bits per heavy atom. The molecule has 2 aliphatic heterocycles. The molecular formula is C25H25FN4O2. The first kappa shape index (κ1) is 20.4. The van der Waals surface area contributed by atoms with Crippen LogP contribution in [0.4, 0.5) is 4.39 Å². The monoisotopic (exact) mass is 432 g/mol. The third-order valence-corrected chi connectivity index (χ3v) is 5.87. The number of nitrogens with zero attached hydrogens (tertiary/aromatic N) is 3. The Labute approximate surface area is 186 Å². The Kier molecular flexibility index (Phi) is 4.65. The van der Waals surface area contributed by atoms with Crippen LogP contribution in [0.3, 0.4) is 0 Å². The number of aliphatic imine (C=N–C) groups is 1. The maximum absolute atomic E-state index is 15.2. The first-order valence-electron chi connectivity index (χ1n) is 10.6. The van der Waals surface area contributed by atoms with E-state index in [-0.39, 0.29) is 18.0 Å². The average molecular weight is 432 g/mol. The molecule has 0 aliphatic carbocycles. The Hall–Kier alpha value is -3.48. The lowest BCUT2D eigenvalue weighted by molar-refractivity contribution is 0.226. The number of ether oxygens (including phenoxy) is 2. The maximum atomic E-state index is 15.2. The normalized spacial score (nSPS) is 20.1. The zero-order valence-electron chi connectivity index (χ0n) is 18.3. The predicted molar refractivity (Wildman–Crippen MR) is 120 cm³/mol. The molecule has 2 aromatic carbocycles. The standard InChI is InChI=1S/C25H25FN4O2/c1-24(2,3)10-20(26)16-5-7-22-19(9-16)25(13-31-23(27)30-25)18-8-15(4-6-21(18)32-22)17-11-28-14-29-12-17/h4-9,11-12,14,20H,10,13H2,1-3H3,(H2,27,30)/t20-,25+/m1/s1. The highest BCUT2D eigenvalue weighted by Crippen LogP contribution is 2.52. The van der Waals surface area contributed by atoms with Gasteiger partial charge in [0.2, 0.25) is 0 Å². The molecule has 1 aromatic heterocycles. The van der Waals surface area contributed by atoms with E-state index in [0.717, 1.165) is 22.3 Å². The van der Waals surface area contributed by atoms with E-state index in [2.05, 4.69) is 9.97 Å². The van der Waals surface area contributed by atoms with Gasteiger partial charge in [-0.15, -0.1) is 0 Å². The molecule has 32 heavy (non-hydrogen) atoms. The number of rotatable bonds is 3. The van der Waals surface area contributed by atoms with E-state index < -0.39 is 11.7 Å². The summed E-state index contributed by atoms with van der Waals surface area (Å²) in [6.45, 7) is 6.31. The van der Waals surface area contributed by atoms with Crippen LogP contribution in [-0.4, -0.2) is 22.6 Å². The summed E-state index contributed by atoms with van der Waals surface area (Å²) in [4.78, 5) is 12.9. The Bertz CT molecular complexity index is 1210. The van der Waals surface area contributed by atoms with Gasteiger partial charge in [-0.2, -0.15) is 0 Å². The summed E-state index contributed by atoms with van der Waals surface area (Å²) in [6.07, 6.45) is 4.30. The van der Waals surface area contributed by atoms with Gasteiger partial charge in [-0.25, -0.2) is 19.4 Å². The molecule has 0 radical (unpaired) electrons. The van der Waals surface area contributed by atoms with Crippen molar-refractivity contribution in [3.05, 3.63) is 71.8 Å². The van der Waals surface area contributed by atoms with Gasteiger partial charge < -0.3 is 15.2 Å². The van der Waals surface area contributed by atoms with E-state index >= 15 is 4.39 Å². The second-order valence-corrected chi connectivity index (χ2v) is 9.53. The number of nitrogens with two attached hydrogens (primary N) is 1. The van der Waals surface area contributed by atoms with Gasteiger partial charge in [0, 0.05) is 29.1 Å². The lowest BCUT2D eigenvalue weighted by Gasteiger charge is -2.34. The second-order valence-electron chi connectivity index (χ2n) is 9.53. The molecule has 3 heterocycles. The molecule has 164 valence electrons.